The molecule has 32 heavy (non-hydrogen) atoms. The highest BCUT2D eigenvalue weighted by Gasteiger charge is 2.34. The van der Waals surface area contributed by atoms with Crippen molar-refractivity contribution in [2.75, 3.05) is 26.2 Å². The van der Waals surface area contributed by atoms with Crippen molar-refractivity contribution in [1.29, 1.82) is 0 Å². The van der Waals surface area contributed by atoms with E-state index >= 15 is 0 Å². The highest BCUT2D eigenvalue weighted by Crippen LogP contribution is 2.32. The number of carbonyl (C=O) groups excluding carboxylic acids is 1. The molecule has 3 atom stereocenters. The van der Waals surface area contributed by atoms with E-state index in [4.69, 9.17) is 9.72 Å². The van der Waals surface area contributed by atoms with Gasteiger partial charge in [0, 0.05) is 45.2 Å². The van der Waals surface area contributed by atoms with Crippen LogP contribution in [-0.2, 0) is 17.7 Å². The first-order chi connectivity index (χ1) is 15.4. The smallest absolute Gasteiger partial charge is 0.264 e. The summed E-state index contributed by atoms with van der Waals surface area (Å²) in [6.07, 6.45) is 6.58. The number of amides is 1. The van der Waals surface area contributed by atoms with Crippen LogP contribution in [-0.4, -0.2) is 69.7 Å². The summed E-state index contributed by atoms with van der Waals surface area (Å²) in [7, 11) is 0. The fraction of sp³-hybridized carbons (Fsp3) is 0.708. The number of rotatable bonds is 3. The fourth-order valence-corrected chi connectivity index (χ4v) is 6.92. The molecule has 0 spiro atoms. The Morgan fingerprint density at radius 2 is 1.91 bits per heavy atom. The molecule has 8 heteroatoms. The number of aryl methyl sites for hydroxylation is 2. The first kappa shape index (κ1) is 22.0. The number of aromatic nitrogens is 2. The lowest BCUT2D eigenvalue weighted by Gasteiger charge is -2.38. The molecular formula is C24H34N4O3S. The Morgan fingerprint density at radius 1 is 1.12 bits per heavy atom. The Kier molecular flexibility index (Phi) is 6.11. The van der Waals surface area contributed by atoms with Crippen LogP contribution in [0.1, 0.15) is 67.0 Å². The number of thiophene rings is 1. The van der Waals surface area contributed by atoms with Gasteiger partial charge in [-0.15, -0.1) is 11.3 Å². The van der Waals surface area contributed by atoms with Crippen LogP contribution in [0.5, 0.6) is 0 Å². The van der Waals surface area contributed by atoms with Gasteiger partial charge in [-0.2, -0.15) is 0 Å². The molecule has 1 amide bonds. The third-order valence-electron chi connectivity index (χ3n) is 7.21. The molecule has 0 radical (unpaired) electrons. The second-order valence-electron chi connectivity index (χ2n) is 9.80. The highest BCUT2D eigenvalue weighted by molar-refractivity contribution is 7.20. The number of hydrogen-bond acceptors (Lipinski definition) is 6. The van der Waals surface area contributed by atoms with Crippen molar-refractivity contribution in [2.24, 2.45) is 0 Å². The van der Waals surface area contributed by atoms with E-state index in [0.717, 1.165) is 87.5 Å². The van der Waals surface area contributed by atoms with Gasteiger partial charge in [-0.05, 0) is 52.0 Å². The van der Waals surface area contributed by atoms with Crippen LogP contribution in [0.15, 0.2) is 4.79 Å². The fourth-order valence-electron chi connectivity index (χ4n) is 5.77. The average molecular weight is 459 g/mol. The zero-order chi connectivity index (χ0) is 22.4. The molecule has 2 aromatic rings. The Hall–Kier alpha value is -1.77. The van der Waals surface area contributed by atoms with Crippen molar-refractivity contribution >= 4 is 27.5 Å². The standard InChI is InChI=1S/C24H34N4O3S/c1-15-12-26(13-16(2)31-15)14-18-8-7-11-27(18)24(30)21-17(3)20-22(32-21)25-19-9-5-4-6-10-28(19)23(20)29/h15-16,18H,4-14H2,1-3H3. The topological polar surface area (TPSA) is 67.7 Å². The van der Waals surface area contributed by atoms with E-state index in [1.54, 1.807) is 0 Å². The summed E-state index contributed by atoms with van der Waals surface area (Å²) in [5.41, 5.74) is 0.847. The predicted molar refractivity (Wildman–Crippen MR) is 127 cm³/mol. The Bertz CT molecular complexity index is 1070. The van der Waals surface area contributed by atoms with Crippen molar-refractivity contribution in [3.63, 3.8) is 0 Å². The maximum Gasteiger partial charge on any atom is 0.264 e. The Morgan fingerprint density at radius 3 is 2.69 bits per heavy atom. The molecule has 3 aliphatic heterocycles. The van der Waals surface area contributed by atoms with Gasteiger partial charge in [0.15, 0.2) is 0 Å². The van der Waals surface area contributed by atoms with Crippen LogP contribution in [0.25, 0.3) is 10.2 Å². The number of ether oxygens (including phenoxy) is 1. The van der Waals surface area contributed by atoms with Gasteiger partial charge in [0.25, 0.3) is 11.5 Å². The summed E-state index contributed by atoms with van der Waals surface area (Å²) in [6.45, 7) is 10.4. The number of fused-ring (bicyclic) bond motifs is 2. The third kappa shape index (κ3) is 4.01. The van der Waals surface area contributed by atoms with E-state index in [0.29, 0.717) is 10.3 Å². The quantitative estimate of drug-likeness (QED) is 0.707. The molecule has 2 fully saturated rings. The lowest BCUT2D eigenvalue weighted by Crippen LogP contribution is -2.50. The zero-order valence-corrected chi connectivity index (χ0v) is 20.2. The second-order valence-corrected chi connectivity index (χ2v) is 10.8. The molecule has 5 heterocycles. The molecular weight excluding hydrogens is 424 g/mol. The monoisotopic (exact) mass is 458 g/mol. The maximum atomic E-state index is 13.7. The van der Waals surface area contributed by atoms with Crippen LogP contribution < -0.4 is 5.56 Å². The van der Waals surface area contributed by atoms with E-state index in [1.807, 2.05) is 16.4 Å². The van der Waals surface area contributed by atoms with Crippen molar-refractivity contribution in [1.82, 2.24) is 19.4 Å². The largest absolute Gasteiger partial charge is 0.373 e. The van der Waals surface area contributed by atoms with Crippen molar-refractivity contribution in [2.45, 2.75) is 84.1 Å². The predicted octanol–water partition coefficient (Wildman–Crippen LogP) is 3.21. The van der Waals surface area contributed by atoms with Crippen molar-refractivity contribution in [3.05, 3.63) is 26.6 Å². The summed E-state index contributed by atoms with van der Waals surface area (Å²) >= 11 is 1.41. The third-order valence-corrected chi connectivity index (χ3v) is 8.38. The normalized spacial score (nSPS) is 27.0. The van der Waals surface area contributed by atoms with Crippen LogP contribution in [0.3, 0.4) is 0 Å². The Labute approximate surface area is 193 Å². The Balaban J connectivity index is 1.42. The minimum absolute atomic E-state index is 0.0361. The number of carbonyl (C=O) groups is 1. The summed E-state index contributed by atoms with van der Waals surface area (Å²) in [5, 5.41) is 0.649. The summed E-state index contributed by atoms with van der Waals surface area (Å²) in [5.74, 6) is 0.955. The molecule has 5 rings (SSSR count). The maximum absolute atomic E-state index is 13.7. The van der Waals surface area contributed by atoms with E-state index in [-0.39, 0.29) is 29.7 Å². The molecule has 7 nitrogen and oxygen atoms in total. The van der Waals surface area contributed by atoms with Gasteiger partial charge < -0.3 is 9.64 Å². The molecule has 3 unspecified atom stereocenters. The number of hydrogen-bond donors (Lipinski definition) is 0. The molecule has 2 aromatic heterocycles. The number of nitrogens with zero attached hydrogens (tertiary/aromatic N) is 4. The van der Waals surface area contributed by atoms with Gasteiger partial charge in [0.1, 0.15) is 10.7 Å². The van der Waals surface area contributed by atoms with Gasteiger partial charge in [-0.1, -0.05) is 6.42 Å². The minimum Gasteiger partial charge on any atom is -0.373 e. The molecule has 0 N–H and O–H groups in total. The number of morpholine rings is 1. The SMILES string of the molecule is Cc1c(C(=O)N2CCCC2CN2CC(C)OC(C)C2)sc2nc3n(c(=O)c12)CCCCC3. The second kappa shape index (κ2) is 8.88. The molecule has 3 aliphatic rings. The lowest BCUT2D eigenvalue weighted by atomic mass is 10.1. The average Bonchev–Trinajstić information content (AvgIpc) is 3.23. The molecule has 2 saturated heterocycles. The molecule has 174 valence electrons. The van der Waals surface area contributed by atoms with Crippen LogP contribution in [0, 0.1) is 6.92 Å². The summed E-state index contributed by atoms with van der Waals surface area (Å²) in [4.78, 5) is 37.7. The van der Waals surface area contributed by atoms with Gasteiger partial charge >= 0.3 is 0 Å². The first-order valence-corrected chi connectivity index (χ1v) is 13.0. The molecule has 0 bridgehead atoms. The summed E-state index contributed by atoms with van der Waals surface area (Å²) < 4.78 is 7.73. The molecule has 0 aromatic carbocycles. The molecule has 0 aliphatic carbocycles. The van der Waals surface area contributed by atoms with Crippen LogP contribution in [0.2, 0.25) is 0 Å². The highest BCUT2D eigenvalue weighted by atomic mass is 32.1. The van der Waals surface area contributed by atoms with E-state index in [1.165, 1.54) is 11.3 Å². The van der Waals surface area contributed by atoms with E-state index in [9.17, 15) is 9.59 Å². The molecule has 0 saturated carbocycles. The van der Waals surface area contributed by atoms with Crippen LogP contribution >= 0.6 is 11.3 Å². The number of likely N-dealkylation sites (tertiary alicyclic amines) is 1. The van der Waals surface area contributed by atoms with Gasteiger partial charge in [0.05, 0.1) is 22.5 Å². The van der Waals surface area contributed by atoms with Gasteiger partial charge in [0.2, 0.25) is 0 Å². The lowest BCUT2D eigenvalue weighted by molar-refractivity contribution is -0.0715. The van der Waals surface area contributed by atoms with Crippen molar-refractivity contribution in [3.8, 4) is 0 Å². The summed E-state index contributed by atoms with van der Waals surface area (Å²) in [6, 6.07) is 0.218. The zero-order valence-electron chi connectivity index (χ0n) is 19.4. The van der Waals surface area contributed by atoms with Crippen molar-refractivity contribution < 1.29 is 9.53 Å². The van der Waals surface area contributed by atoms with Gasteiger partial charge in [-0.3, -0.25) is 19.1 Å². The van der Waals surface area contributed by atoms with E-state index in [2.05, 4.69) is 18.7 Å². The van der Waals surface area contributed by atoms with Gasteiger partial charge in [-0.25, -0.2) is 4.98 Å². The van der Waals surface area contributed by atoms with Crippen LogP contribution in [0.4, 0.5) is 0 Å². The first-order valence-electron chi connectivity index (χ1n) is 12.1. The van der Waals surface area contributed by atoms with E-state index < -0.39 is 0 Å². The minimum atomic E-state index is 0.0361.